The van der Waals surface area contributed by atoms with Crippen molar-refractivity contribution < 1.29 is 8.42 Å². The third kappa shape index (κ3) is 4.63. The van der Waals surface area contributed by atoms with Gasteiger partial charge in [-0.25, -0.2) is 8.42 Å². The molecule has 1 aliphatic rings. The van der Waals surface area contributed by atoms with Crippen LogP contribution in [0, 0.1) is 0 Å². The molecule has 1 saturated heterocycles. The van der Waals surface area contributed by atoms with E-state index in [1.54, 1.807) is 6.07 Å². The quantitative estimate of drug-likeness (QED) is 0.927. The molecule has 6 heteroatoms. The lowest BCUT2D eigenvalue weighted by Gasteiger charge is -2.23. The van der Waals surface area contributed by atoms with Crippen molar-refractivity contribution in [2.45, 2.75) is 25.3 Å². The van der Waals surface area contributed by atoms with Crippen molar-refractivity contribution in [1.82, 2.24) is 5.32 Å². The number of nitrogens with one attached hydrogen (secondary N) is 1. The van der Waals surface area contributed by atoms with Gasteiger partial charge in [0.2, 0.25) is 0 Å². The molecule has 1 heterocycles. The van der Waals surface area contributed by atoms with E-state index in [1.165, 1.54) is 0 Å². The van der Waals surface area contributed by atoms with Crippen LogP contribution in [0.5, 0.6) is 0 Å². The van der Waals surface area contributed by atoms with Crippen LogP contribution in [-0.2, 0) is 16.3 Å². The zero-order valence-electron chi connectivity index (χ0n) is 10.5. The van der Waals surface area contributed by atoms with Gasteiger partial charge in [-0.05, 0) is 43.5 Å². The second kappa shape index (κ2) is 6.44. The summed E-state index contributed by atoms with van der Waals surface area (Å²) in [6.45, 7) is 0.798. The Labute approximate surface area is 124 Å². The van der Waals surface area contributed by atoms with E-state index in [-0.39, 0.29) is 0 Å². The zero-order chi connectivity index (χ0) is 13.9. The summed E-state index contributed by atoms with van der Waals surface area (Å²) < 4.78 is 22.6. The highest BCUT2D eigenvalue weighted by Crippen LogP contribution is 2.21. The minimum atomic E-state index is -2.78. The molecule has 19 heavy (non-hydrogen) atoms. The van der Waals surface area contributed by atoms with Crippen molar-refractivity contribution in [3.63, 3.8) is 0 Å². The normalized spacial score (nSPS) is 19.5. The fourth-order valence-corrected chi connectivity index (χ4v) is 4.22. The number of halogens is 2. The van der Waals surface area contributed by atoms with Gasteiger partial charge in [0.1, 0.15) is 9.84 Å². The van der Waals surface area contributed by atoms with Crippen LogP contribution in [0.15, 0.2) is 18.2 Å². The number of hydrogen-bond acceptors (Lipinski definition) is 3. The highest BCUT2D eigenvalue weighted by molar-refractivity contribution is 7.91. The molecule has 0 aliphatic carbocycles. The van der Waals surface area contributed by atoms with Gasteiger partial charge in [-0.3, -0.25) is 0 Å². The molecule has 2 rings (SSSR count). The van der Waals surface area contributed by atoms with E-state index in [9.17, 15) is 8.42 Å². The molecule has 0 aromatic heterocycles. The molecular weight excluding hydrogens is 305 g/mol. The van der Waals surface area contributed by atoms with Gasteiger partial charge in [-0.15, -0.1) is 0 Å². The monoisotopic (exact) mass is 321 g/mol. The van der Waals surface area contributed by atoms with E-state index < -0.39 is 9.84 Å². The van der Waals surface area contributed by atoms with Crippen LogP contribution in [0.25, 0.3) is 0 Å². The maximum absolute atomic E-state index is 11.3. The van der Waals surface area contributed by atoms with Crippen molar-refractivity contribution in [2.24, 2.45) is 0 Å². The van der Waals surface area contributed by atoms with Crippen LogP contribution in [0.3, 0.4) is 0 Å². The first-order valence-electron chi connectivity index (χ1n) is 6.34. The van der Waals surface area contributed by atoms with E-state index in [1.807, 2.05) is 12.1 Å². The van der Waals surface area contributed by atoms with E-state index in [2.05, 4.69) is 5.32 Å². The summed E-state index contributed by atoms with van der Waals surface area (Å²) in [6, 6.07) is 5.80. The molecule has 0 spiro atoms. The highest BCUT2D eigenvalue weighted by Gasteiger charge is 2.22. The largest absolute Gasteiger partial charge is 0.314 e. The standard InChI is InChI=1S/C13H17Cl2NO2S/c14-11-2-1-10(13(15)9-11)3-6-16-12-4-7-19(17,18)8-5-12/h1-2,9,12,16H,3-8H2. The SMILES string of the molecule is O=S1(=O)CCC(NCCc2ccc(Cl)cc2Cl)CC1. The lowest BCUT2D eigenvalue weighted by atomic mass is 10.1. The lowest BCUT2D eigenvalue weighted by molar-refractivity contribution is 0.466. The molecule has 1 aromatic carbocycles. The molecule has 3 nitrogen and oxygen atoms in total. The van der Waals surface area contributed by atoms with Gasteiger partial charge >= 0.3 is 0 Å². The Bertz CT molecular complexity index is 532. The van der Waals surface area contributed by atoms with Crippen LogP contribution in [-0.4, -0.2) is 32.5 Å². The predicted octanol–water partition coefficient (Wildman–Crippen LogP) is 2.70. The second-order valence-electron chi connectivity index (χ2n) is 4.87. The van der Waals surface area contributed by atoms with Crippen LogP contribution in [0.1, 0.15) is 18.4 Å². The number of benzene rings is 1. The Balaban J connectivity index is 1.78. The first-order valence-corrected chi connectivity index (χ1v) is 8.92. The molecule has 0 amide bonds. The minimum Gasteiger partial charge on any atom is -0.314 e. The summed E-state index contributed by atoms with van der Waals surface area (Å²) in [6.07, 6.45) is 2.23. The third-order valence-electron chi connectivity index (χ3n) is 3.40. The Kier molecular flexibility index (Phi) is 5.12. The smallest absolute Gasteiger partial charge is 0.150 e. The number of sulfone groups is 1. The average molecular weight is 322 g/mol. The highest BCUT2D eigenvalue weighted by atomic mass is 35.5. The topological polar surface area (TPSA) is 46.2 Å². The van der Waals surface area contributed by atoms with Gasteiger partial charge in [0, 0.05) is 16.1 Å². The maximum atomic E-state index is 11.3. The van der Waals surface area contributed by atoms with Crippen LogP contribution in [0.4, 0.5) is 0 Å². The van der Waals surface area contributed by atoms with Crippen molar-refractivity contribution >= 4 is 33.0 Å². The summed E-state index contributed by atoms with van der Waals surface area (Å²) in [7, 11) is -2.78. The summed E-state index contributed by atoms with van der Waals surface area (Å²) in [5.41, 5.74) is 1.06. The fraction of sp³-hybridized carbons (Fsp3) is 0.538. The Morgan fingerprint density at radius 3 is 2.53 bits per heavy atom. The molecule has 1 aliphatic heterocycles. The van der Waals surface area contributed by atoms with E-state index >= 15 is 0 Å². The molecule has 1 fully saturated rings. The van der Waals surface area contributed by atoms with E-state index in [0.29, 0.717) is 40.4 Å². The first kappa shape index (κ1) is 15.1. The Morgan fingerprint density at radius 1 is 1.21 bits per heavy atom. The molecule has 0 bridgehead atoms. The first-order chi connectivity index (χ1) is 8.96. The summed E-state index contributed by atoms with van der Waals surface area (Å²) in [4.78, 5) is 0. The minimum absolute atomic E-state index is 0.298. The average Bonchev–Trinajstić information content (AvgIpc) is 2.34. The van der Waals surface area contributed by atoms with Crippen LogP contribution >= 0.6 is 23.2 Å². The van der Waals surface area contributed by atoms with E-state index in [4.69, 9.17) is 23.2 Å². The molecule has 0 atom stereocenters. The van der Waals surface area contributed by atoms with Gasteiger partial charge in [-0.2, -0.15) is 0 Å². The second-order valence-corrected chi connectivity index (χ2v) is 8.01. The fourth-order valence-electron chi connectivity index (χ4n) is 2.23. The number of hydrogen-bond donors (Lipinski definition) is 1. The van der Waals surface area contributed by atoms with Gasteiger partial charge in [-0.1, -0.05) is 29.3 Å². The molecule has 1 aromatic rings. The maximum Gasteiger partial charge on any atom is 0.150 e. The van der Waals surface area contributed by atoms with Crippen molar-refractivity contribution in [2.75, 3.05) is 18.1 Å². The number of rotatable bonds is 4. The summed E-state index contributed by atoms with van der Waals surface area (Å²) in [5, 5.41) is 4.71. The Morgan fingerprint density at radius 2 is 1.89 bits per heavy atom. The third-order valence-corrected chi connectivity index (χ3v) is 5.70. The van der Waals surface area contributed by atoms with Crippen molar-refractivity contribution in [3.8, 4) is 0 Å². The molecule has 106 valence electrons. The molecule has 1 N–H and O–H groups in total. The predicted molar refractivity (Wildman–Crippen MR) is 79.8 cm³/mol. The molecular formula is C13H17Cl2NO2S. The molecule has 0 saturated carbocycles. The van der Waals surface area contributed by atoms with Gasteiger partial charge < -0.3 is 5.32 Å². The van der Waals surface area contributed by atoms with Crippen molar-refractivity contribution in [1.29, 1.82) is 0 Å². The van der Waals surface area contributed by atoms with Crippen molar-refractivity contribution in [3.05, 3.63) is 33.8 Å². The lowest BCUT2D eigenvalue weighted by Crippen LogP contribution is -2.38. The summed E-state index contributed by atoms with van der Waals surface area (Å²) >= 11 is 11.9. The van der Waals surface area contributed by atoms with E-state index in [0.717, 1.165) is 18.5 Å². The molecule has 0 radical (unpaired) electrons. The van der Waals surface area contributed by atoms with Crippen LogP contribution < -0.4 is 5.32 Å². The van der Waals surface area contributed by atoms with Gasteiger partial charge in [0.15, 0.2) is 0 Å². The summed E-state index contributed by atoms with van der Waals surface area (Å²) in [5.74, 6) is 0.596. The van der Waals surface area contributed by atoms with Crippen LogP contribution in [0.2, 0.25) is 10.0 Å². The van der Waals surface area contributed by atoms with Gasteiger partial charge in [0.05, 0.1) is 11.5 Å². The zero-order valence-corrected chi connectivity index (χ0v) is 12.9. The molecule has 0 unspecified atom stereocenters. The van der Waals surface area contributed by atoms with Gasteiger partial charge in [0.25, 0.3) is 0 Å². The Hall–Kier alpha value is -0.290.